The van der Waals surface area contributed by atoms with Crippen molar-refractivity contribution in [1.82, 2.24) is 10.0 Å². The third-order valence-electron chi connectivity index (χ3n) is 4.29. The zero-order valence-corrected chi connectivity index (χ0v) is 18.4. The van der Waals surface area contributed by atoms with Gasteiger partial charge >= 0.3 is 0 Å². The fraction of sp³-hybridized carbons (Fsp3) is 0.286. The van der Waals surface area contributed by atoms with Crippen molar-refractivity contribution in [1.29, 1.82) is 0 Å². The summed E-state index contributed by atoms with van der Waals surface area (Å²) in [4.78, 5) is 12.1. The molecule has 1 saturated carbocycles. The number of nitrogens with one attached hydrogen (secondary N) is 2. The number of rotatable bonds is 10. The second-order valence-corrected chi connectivity index (χ2v) is 9.42. The maximum absolute atomic E-state index is 12.1. The van der Waals surface area contributed by atoms with Crippen LogP contribution in [0.1, 0.15) is 24.8 Å². The zero-order valence-electron chi connectivity index (χ0n) is 16.1. The van der Waals surface area contributed by atoms with E-state index in [1.165, 1.54) is 18.2 Å². The first-order valence-electron chi connectivity index (χ1n) is 9.50. The SMILES string of the molecule is O=C(/C=C/c1ccc(S(=O)(=O)NC2CC2)cc1)NCCCOc1ccc(Cl)cc1Cl. The normalized spacial score (nSPS) is 14.1. The van der Waals surface area contributed by atoms with E-state index >= 15 is 0 Å². The van der Waals surface area contributed by atoms with E-state index in [2.05, 4.69) is 10.0 Å². The highest BCUT2D eigenvalue weighted by atomic mass is 35.5. The molecule has 2 N–H and O–H groups in total. The molecule has 0 radical (unpaired) electrons. The summed E-state index contributed by atoms with van der Waals surface area (Å²) in [5, 5.41) is 3.74. The number of amides is 1. The Balaban J connectivity index is 1.39. The third-order valence-corrected chi connectivity index (χ3v) is 6.36. The van der Waals surface area contributed by atoms with Crippen LogP contribution in [0.3, 0.4) is 0 Å². The van der Waals surface area contributed by atoms with Gasteiger partial charge in [-0.05, 0) is 61.2 Å². The summed E-state index contributed by atoms with van der Waals surface area (Å²) in [7, 11) is -3.47. The Hall–Kier alpha value is -2.06. The van der Waals surface area contributed by atoms with Crippen LogP contribution in [0.4, 0.5) is 0 Å². The number of benzene rings is 2. The Morgan fingerprint density at radius 2 is 1.87 bits per heavy atom. The molecule has 0 atom stereocenters. The quantitative estimate of drug-likeness (QED) is 0.407. The molecule has 1 fully saturated rings. The molecule has 3 rings (SSSR count). The van der Waals surface area contributed by atoms with Gasteiger partial charge in [-0.25, -0.2) is 13.1 Å². The lowest BCUT2D eigenvalue weighted by molar-refractivity contribution is -0.116. The molecule has 0 aromatic heterocycles. The second kappa shape index (κ2) is 10.3. The number of sulfonamides is 1. The van der Waals surface area contributed by atoms with Gasteiger partial charge in [0.05, 0.1) is 16.5 Å². The van der Waals surface area contributed by atoms with Gasteiger partial charge < -0.3 is 10.1 Å². The summed E-state index contributed by atoms with van der Waals surface area (Å²) >= 11 is 11.9. The van der Waals surface area contributed by atoms with Crippen molar-refractivity contribution in [3.8, 4) is 5.75 Å². The van der Waals surface area contributed by atoms with Crippen molar-refractivity contribution in [3.05, 3.63) is 64.1 Å². The predicted molar refractivity (Wildman–Crippen MR) is 118 cm³/mol. The lowest BCUT2D eigenvalue weighted by atomic mass is 10.2. The monoisotopic (exact) mass is 468 g/mol. The maximum atomic E-state index is 12.1. The fourth-order valence-corrected chi connectivity index (χ4v) is 4.30. The predicted octanol–water partition coefficient (Wildman–Crippen LogP) is 4.03. The van der Waals surface area contributed by atoms with E-state index in [4.69, 9.17) is 27.9 Å². The van der Waals surface area contributed by atoms with Gasteiger partial charge in [0.2, 0.25) is 15.9 Å². The number of ether oxygens (including phenoxy) is 1. The summed E-state index contributed by atoms with van der Waals surface area (Å²) in [5.41, 5.74) is 0.733. The first-order chi connectivity index (χ1) is 14.3. The lowest BCUT2D eigenvalue weighted by Crippen LogP contribution is -2.25. The van der Waals surface area contributed by atoms with Crippen molar-refractivity contribution in [3.63, 3.8) is 0 Å². The summed E-state index contributed by atoms with van der Waals surface area (Å²) in [5.74, 6) is 0.303. The Morgan fingerprint density at radius 1 is 1.13 bits per heavy atom. The van der Waals surface area contributed by atoms with Crippen LogP contribution < -0.4 is 14.8 Å². The van der Waals surface area contributed by atoms with Crippen molar-refractivity contribution in [2.24, 2.45) is 0 Å². The maximum Gasteiger partial charge on any atom is 0.244 e. The zero-order chi connectivity index (χ0) is 21.6. The standard InChI is InChI=1S/C21H22Cl2N2O4S/c22-16-5-10-20(19(23)14-16)29-13-1-12-24-21(26)11-4-15-2-8-18(9-3-15)30(27,28)25-17-6-7-17/h2-5,8-11,14,17,25H,1,6-7,12-13H2,(H,24,26)/b11-4+. The van der Waals surface area contributed by atoms with E-state index in [1.54, 1.807) is 36.4 Å². The highest BCUT2D eigenvalue weighted by molar-refractivity contribution is 7.89. The van der Waals surface area contributed by atoms with Crippen LogP contribution in [0, 0.1) is 0 Å². The average Bonchev–Trinajstić information content (AvgIpc) is 3.51. The Bertz CT molecular complexity index is 1020. The van der Waals surface area contributed by atoms with Crippen molar-refractivity contribution >= 4 is 45.2 Å². The van der Waals surface area contributed by atoms with Crippen LogP contribution in [0.2, 0.25) is 10.0 Å². The van der Waals surface area contributed by atoms with Gasteiger partial charge in [0, 0.05) is 23.7 Å². The van der Waals surface area contributed by atoms with Gasteiger partial charge in [-0.2, -0.15) is 0 Å². The molecule has 6 nitrogen and oxygen atoms in total. The first-order valence-corrected chi connectivity index (χ1v) is 11.7. The minimum atomic E-state index is -3.47. The van der Waals surface area contributed by atoms with E-state index in [0.29, 0.717) is 35.4 Å². The smallest absolute Gasteiger partial charge is 0.244 e. The van der Waals surface area contributed by atoms with Crippen LogP contribution in [0.25, 0.3) is 6.08 Å². The van der Waals surface area contributed by atoms with Gasteiger partial charge in [0.15, 0.2) is 0 Å². The third kappa shape index (κ3) is 7.02. The van der Waals surface area contributed by atoms with Crippen molar-refractivity contribution in [2.45, 2.75) is 30.2 Å². The van der Waals surface area contributed by atoms with Crippen LogP contribution >= 0.6 is 23.2 Å². The molecule has 1 aliphatic carbocycles. The van der Waals surface area contributed by atoms with Gasteiger partial charge in [-0.3, -0.25) is 4.79 Å². The minimum Gasteiger partial charge on any atom is -0.492 e. The molecule has 0 unspecified atom stereocenters. The van der Waals surface area contributed by atoms with Crippen LogP contribution in [0.15, 0.2) is 53.4 Å². The molecular weight excluding hydrogens is 447 g/mol. The molecule has 0 heterocycles. The van der Waals surface area contributed by atoms with E-state index in [-0.39, 0.29) is 16.8 Å². The molecule has 2 aromatic carbocycles. The molecule has 0 saturated heterocycles. The van der Waals surface area contributed by atoms with Crippen LogP contribution in [-0.2, 0) is 14.8 Å². The molecule has 160 valence electrons. The molecule has 2 aromatic rings. The summed E-state index contributed by atoms with van der Waals surface area (Å²) < 4.78 is 32.5. The Morgan fingerprint density at radius 3 is 2.53 bits per heavy atom. The van der Waals surface area contributed by atoms with Gasteiger partial charge in [-0.1, -0.05) is 35.3 Å². The van der Waals surface area contributed by atoms with E-state index < -0.39 is 10.0 Å². The van der Waals surface area contributed by atoms with E-state index in [1.807, 2.05) is 0 Å². The summed E-state index contributed by atoms with van der Waals surface area (Å²) in [6.45, 7) is 0.842. The van der Waals surface area contributed by atoms with Gasteiger partial charge in [0.1, 0.15) is 5.75 Å². The van der Waals surface area contributed by atoms with Crippen LogP contribution in [0.5, 0.6) is 5.75 Å². The highest BCUT2D eigenvalue weighted by Crippen LogP contribution is 2.27. The van der Waals surface area contributed by atoms with Gasteiger partial charge in [-0.15, -0.1) is 0 Å². The largest absolute Gasteiger partial charge is 0.492 e. The van der Waals surface area contributed by atoms with E-state index in [9.17, 15) is 13.2 Å². The number of hydrogen-bond acceptors (Lipinski definition) is 4. The molecular formula is C21H22Cl2N2O4S. The topological polar surface area (TPSA) is 84.5 Å². The van der Waals surface area contributed by atoms with E-state index in [0.717, 1.165) is 18.4 Å². The van der Waals surface area contributed by atoms with Crippen LogP contribution in [-0.4, -0.2) is 33.5 Å². The fourth-order valence-electron chi connectivity index (χ4n) is 2.54. The second-order valence-electron chi connectivity index (χ2n) is 6.87. The molecule has 1 aliphatic rings. The molecule has 1 amide bonds. The number of carbonyl (C=O) groups excluding carboxylic acids is 1. The highest BCUT2D eigenvalue weighted by Gasteiger charge is 2.27. The molecule has 0 bridgehead atoms. The molecule has 30 heavy (non-hydrogen) atoms. The summed E-state index contributed by atoms with van der Waals surface area (Å²) in [6, 6.07) is 11.4. The minimum absolute atomic E-state index is 0.0619. The molecule has 0 aliphatic heterocycles. The Kier molecular flexibility index (Phi) is 7.77. The first kappa shape index (κ1) is 22.6. The Labute approximate surface area is 186 Å². The lowest BCUT2D eigenvalue weighted by Gasteiger charge is -2.08. The molecule has 0 spiro atoms. The number of halogens is 2. The van der Waals surface area contributed by atoms with Crippen molar-refractivity contribution < 1.29 is 17.9 Å². The summed E-state index contributed by atoms with van der Waals surface area (Å²) in [6.07, 6.45) is 5.41. The number of hydrogen-bond donors (Lipinski definition) is 2. The molecule has 9 heteroatoms. The van der Waals surface area contributed by atoms with Crippen molar-refractivity contribution in [2.75, 3.05) is 13.2 Å². The van der Waals surface area contributed by atoms with Gasteiger partial charge in [0.25, 0.3) is 0 Å². The number of carbonyl (C=O) groups is 1. The average molecular weight is 469 g/mol.